The van der Waals surface area contributed by atoms with Crippen molar-refractivity contribution in [2.45, 2.75) is 13.5 Å². The van der Waals surface area contributed by atoms with Gasteiger partial charge in [-0.1, -0.05) is 0 Å². The van der Waals surface area contributed by atoms with Gasteiger partial charge in [-0.3, -0.25) is 4.68 Å². The van der Waals surface area contributed by atoms with E-state index in [1.807, 2.05) is 13.0 Å². The zero-order valence-electron chi connectivity index (χ0n) is 10.3. The van der Waals surface area contributed by atoms with E-state index in [1.165, 1.54) is 12.3 Å². The summed E-state index contributed by atoms with van der Waals surface area (Å²) in [6.45, 7) is 2.05. The van der Waals surface area contributed by atoms with E-state index in [0.29, 0.717) is 5.69 Å². The molecular formula is C12H14N4O2. The van der Waals surface area contributed by atoms with Crippen LogP contribution in [0.1, 0.15) is 21.9 Å². The molecule has 0 bridgehead atoms. The molecule has 2 N–H and O–H groups in total. The first-order chi connectivity index (χ1) is 8.56. The van der Waals surface area contributed by atoms with E-state index < -0.39 is 5.97 Å². The van der Waals surface area contributed by atoms with E-state index in [0.717, 1.165) is 11.4 Å². The van der Waals surface area contributed by atoms with Crippen LogP contribution in [0.15, 0.2) is 24.4 Å². The molecule has 6 nitrogen and oxygen atoms in total. The first-order valence-electron chi connectivity index (χ1n) is 5.44. The van der Waals surface area contributed by atoms with Crippen molar-refractivity contribution in [1.29, 1.82) is 0 Å². The van der Waals surface area contributed by atoms with Crippen molar-refractivity contribution in [3.8, 4) is 0 Å². The topological polar surface area (TPSA) is 83.0 Å². The maximum absolute atomic E-state index is 11.7. The molecule has 2 aromatic heterocycles. The first kappa shape index (κ1) is 12.1. The van der Waals surface area contributed by atoms with Gasteiger partial charge in [-0.25, -0.2) is 9.78 Å². The number of carbonyl (C=O) groups excluding carboxylic acids is 1. The number of anilines is 1. The van der Waals surface area contributed by atoms with Gasteiger partial charge in [0.1, 0.15) is 12.3 Å². The fraction of sp³-hybridized carbons (Fsp3) is 0.250. The highest BCUT2D eigenvalue weighted by molar-refractivity contribution is 5.87. The van der Waals surface area contributed by atoms with Gasteiger partial charge in [0, 0.05) is 7.05 Å². The molecule has 0 aliphatic heterocycles. The average Bonchev–Trinajstić information content (AvgIpc) is 2.66. The number of esters is 1. The standard InChI is InChI=1S/C12H14N4O2/c1-8-5-10(16(2)15-8)7-18-12(17)11-4-3-9(13)6-14-11/h3-6H,7,13H2,1-2H3. The molecule has 0 amide bonds. The second-order valence-electron chi connectivity index (χ2n) is 3.95. The zero-order chi connectivity index (χ0) is 13.1. The predicted octanol–water partition coefficient (Wildman–Crippen LogP) is 1.06. The minimum atomic E-state index is -0.478. The number of carbonyl (C=O) groups is 1. The lowest BCUT2D eigenvalue weighted by atomic mass is 10.3. The second kappa shape index (κ2) is 4.87. The SMILES string of the molecule is Cc1cc(COC(=O)c2ccc(N)cn2)n(C)n1. The highest BCUT2D eigenvalue weighted by Gasteiger charge is 2.10. The molecule has 2 aromatic rings. The smallest absolute Gasteiger partial charge is 0.357 e. The fourth-order valence-electron chi connectivity index (χ4n) is 1.54. The van der Waals surface area contributed by atoms with Crippen LogP contribution in [0.5, 0.6) is 0 Å². The Morgan fingerprint density at radius 1 is 1.50 bits per heavy atom. The van der Waals surface area contributed by atoms with Gasteiger partial charge < -0.3 is 10.5 Å². The van der Waals surface area contributed by atoms with Gasteiger partial charge in [0.05, 0.1) is 23.3 Å². The summed E-state index contributed by atoms with van der Waals surface area (Å²) in [7, 11) is 1.80. The Hall–Kier alpha value is -2.37. The van der Waals surface area contributed by atoms with Crippen LogP contribution in [0.2, 0.25) is 0 Å². The largest absolute Gasteiger partial charge is 0.454 e. The maximum Gasteiger partial charge on any atom is 0.357 e. The van der Waals surface area contributed by atoms with E-state index in [9.17, 15) is 4.79 Å². The number of rotatable bonds is 3. The van der Waals surface area contributed by atoms with Gasteiger partial charge in [0.15, 0.2) is 0 Å². The van der Waals surface area contributed by atoms with Gasteiger partial charge in [0.2, 0.25) is 0 Å². The highest BCUT2D eigenvalue weighted by Crippen LogP contribution is 2.07. The van der Waals surface area contributed by atoms with Gasteiger partial charge >= 0.3 is 5.97 Å². The summed E-state index contributed by atoms with van der Waals surface area (Å²) < 4.78 is 6.82. The number of ether oxygens (including phenoxy) is 1. The fourth-order valence-corrected chi connectivity index (χ4v) is 1.54. The summed E-state index contributed by atoms with van der Waals surface area (Å²) in [5, 5.41) is 4.17. The maximum atomic E-state index is 11.7. The normalized spacial score (nSPS) is 10.3. The lowest BCUT2D eigenvalue weighted by Crippen LogP contribution is -2.09. The van der Waals surface area contributed by atoms with Crippen molar-refractivity contribution in [3.63, 3.8) is 0 Å². The predicted molar refractivity (Wildman–Crippen MR) is 65.7 cm³/mol. The van der Waals surface area contributed by atoms with Gasteiger partial charge in [-0.05, 0) is 25.1 Å². The quantitative estimate of drug-likeness (QED) is 0.819. The third-order valence-corrected chi connectivity index (χ3v) is 2.45. The Balaban J connectivity index is 2.00. The second-order valence-corrected chi connectivity index (χ2v) is 3.95. The Morgan fingerprint density at radius 3 is 2.83 bits per heavy atom. The van der Waals surface area contributed by atoms with Gasteiger partial charge in [-0.15, -0.1) is 0 Å². The average molecular weight is 246 g/mol. The van der Waals surface area contributed by atoms with Crippen LogP contribution in [0.3, 0.4) is 0 Å². The van der Waals surface area contributed by atoms with E-state index in [1.54, 1.807) is 17.8 Å². The van der Waals surface area contributed by atoms with Crippen molar-refractivity contribution >= 4 is 11.7 Å². The monoisotopic (exact) mass is 246 g/mol. The van der Waals surface area contributed by atoms with Crippen LogP contribution in [0, 0.1) is 6.92 Å². The van der Waals surface area contributed by atoms with Crippen LogP contribution in [0.25, 0.3) is 0 Å². The Morgan fingerprint density at radius 2 is 2.28 bits per heavy atom. The molecule has 0 unspecified atom stereocenters. The highest BCUT2D eigenvalue weighted by atomic mass is 16.5. The summed E-state index contributed by atoms with van der Waals surface area (Å²) in [5.74, 6) is -0.478. The minimum Gasteiger partial charge on any atom is -0.454 e. The van der Waals surface area contributed by atoms with E-state index in [-0.39, 0.29) is 12.3 Å². The van der Waals surface area contributed by atoms with Gasteiger partial charge in [-0.2, -0.15) is 5.10 Å². The zero-order valence-corrected chi connectivity index (χ0v) is 10.3. The third kappa shape index (κ3) is 2.65. The number of pyridine rings is 1. The number of aromatic nitrogens is 3. The number of nitrogens with two attached hydrogens (primary N) is 1. The Kier molecular flexibility index (Phi) is 3.27. The third-order valence-electron chi connectivity index (χ3n) is 2.45. The summed E-state index contributed by atoms with van der Waals surface area (Å²) in [6, 6.07) is 5.01. The van der Waals surface area contributed by atoms with Crippen LogP contribution >= 0.6 is 0 Å². The molecule has 0 saturated carbocycles. The molecule has 0 atom stereocenters. The molecule has 0 aromatic carbocycles. The number of hydrogen-bond acceptors (Lipinski definition) is 5. The molecule has 0 aliphatic rings. The summed E-state index contributed by atoms with van der Waals surface area (Å²) in [4.78, 5) is 15.6. The van der Waals surface area contributed by atoms with Crippen LogP contribution in [0.4, 0.5) is 5.69 Å². The molecule has 0 aliphatic carbocycles. The molecule has 0 spiro atoms. The van der Waals surface area contributed by atoms with Crippen LogP contribution in [-0.2, 0) is 18.4 Å². The van der Waals surface area contributed by atoms with Crippen molar-refractivity contribution in [2.24, 2.45) is 7.05 Å². The van der Waals surface area contributed by atoms with E-state index >= 15 is 0 Å². The van der Waals surface area contributed by atoms with Crippen molar-refractivity contribution in [2.75, 3.05) is 5.73 Å². The Labute approximate surface area is 104 Å². The molecule has 0 saturated heterocycles. The Bertz CT molecular complexity index is 560. The molecule has 6 heteroatoms. The summed E-state index contributed by atoms with van der Waals surface area (Å²) in [5.41, 5.74) is 7.95. The lowest BCUT2D eigenvalue weighted by Gasteiger charge is -2.04. The lowest BCUT2D eigenvalue weighted by molar-refractivity contribution is 0.0456. The van der Waals surface area contributed by atoms with Crippen LogP contribution in [-0.4, -0.2) is 20.7 Å². The molecule has 0 radical (unpaired) electrons. The molecule has 2 rings (SSSR count). The number of nitrogens with zero attached hydrogens (tertiary/aromatic N) is 3. The number of nitrogen functional groups attached to an aromatic ring is 1. The van der Waals surface area contributed by atoms with Crippen molar-refractivity contribution in [3.05, 3.63) is 41.5 Å². The molecule has 94 valence electrons. The molecule has 0 fully saturated rings. The van der Waals surface area contributed by atoms with Crippen LogP contribution < -0.4 is 5.73 Å². The minimum absolute atomic E-state index is 0.169. The molecule has 2 heterocycles. The summed E-state index contributed by atoms with van der Waals surface area (Å²) in [6.07, 6.45) is 1.42. The van der Waals surface area contributed by atoms with Gasteiger partial charge in [0.25, 0.3) is 0 Å². The number of hydrogen-bond donors (Lipinski definition) is 1. The summed E-state index contributed by atoms with van der Waals surface area (Å²) >= 11 is 0. The molecule has 18 heavy (non-hydrogen) atoms. The number of aryl methyl sites for hydroxylation is 2. The molecular weight excluding hydrogens is 232 g/mol. The van der Waals surface area contributed by atoms with Crippen molar-refractivity contribution < 1.29 is 9.53 Å². The van der Waals surface area contributed by atoms with E-state index in [4.69, 9.17) is 10.5 Å². The first-order valence-corrected chi connectivity index (χ1v) is 5.44. The van der Waals surface area contributed by atoms with E-state index in [2.05, 4.69) is 10.1 Å². The van der Waals surface area contributed by atoms with Crippen molar-refractivity contribution in [1.82, 2.24) is 14.8 Å².